The minimum absolute atomic E-state index is 1.18. The van der Waals surface area contributed by atoms with Crippen LogP contribution in [0.15, 0.2) is 192 Å². The highest BCUT2D eigenvalue weighted by Crippen LogP contribution is 2.52. The van der Waals surface area contributed by atoms with Gasteiger partial charge in [0.05, 0.1) is 14.1 Å². The molecule has 40 heavy (non-hydrogen) atoms. The van der Waals surface area contributed by atoms with E-state index in [9.17, 15) is 0 Å². The van der Waals surface area contributed by atoms with E-state index in [0.29, 0.717) is 0 Å². The van der Waals surface area contributed by atoms with E-state index in [4.69, 9.17) is 9.71 Å². The quantitative estimate of drug-likeness (QED) is 0.147. The first kappa shape index (κ1) is 26.0. The van der Waals surface area contributed by atoms with E-state index in [1.165, 1.54) is 31.8 Å². The number of nitrogens with zero attached hydrogens (tertiary/aromatic N) is 2. The normalized spacial score (nSPS) is 11.5. The first-order valence-electron chi connectivity index (χ1n) is 13.4. The van der Waals surface area contributed by atoms with E-state index in [1.54, 1.807) is 0 Å². The molecule has 0 unspecified atom stereocenters. The lowest BCUT2D eigenvalue weighted by atomic mass is 10.4. The Kier molecular flexibility index (Phi) is 7.73. The molecule has 0 atom stereocenters. The summed E-state index contributed by atoms with van der Waals surface area (Å²) in [6.45, 7) is 0. The van der Waals surface area contributed by atoms with Crippen molar-refractivity contribution in [1.82, 2.24) is 0 Å². The topological polar surface area (TPSA) is 24.7 Å². The van der Waals surface area contributed by atoms with Gasteiger partial charge in [-0.25, -0.2) is 0 Å². The van der Waals surface area contributed by atoms with Gasteiger partial charge in [0.15, 0.2) is 0 Å². The van der Waals surface area contributed by atoms with Crippen LogP contribution in [0.4, 0.5) is 0 Å². The predicted molar refractivity (Wildman–Crippen MR) is 175 cm³/mol. The molecule has 6 aromatic rings. The van der Waals surface area contributed by atoms with Crippen molar-refractivity contribution in [1.29, 1.82) is 0 Å². The van der Waals surface area contributed by atoms with Gasteiger partial charge in [0.2, 0.25) is 0 Å². The average Bonchev–Trinajstić information content (AvgIpc) is 3.06. The average molecular weight is 553 g/mol. The van der Waals surface area contributed by atoms with Crippen LogP contribution >= 0.6 is 14.1 Å². The van der Waals surface area contributed by atoms with Crippen molar-refractivity contribution >= 4 is 45.9 Å². The van der Waals surface area contributed by atoms with E-state index in [-0.39, 0.29) is 0 Å². The molecule has 0 aliphatic rings. The predicted octanol–water partition coefficient (Wildman–Crippen LogP) is 7.26. The molecule has 0 heterocycles. The van der Waals surface area contributed by atoms with Gasteiger partial charge in [-0.1, -0.05) is 182 Å². The van der Waals surface area contributed by atoms with Crippen molar-refractivity contribution in [3.63, 3.8) is 0 Å². The highest BCUT2D eigenvalue weighted by Gasteiger charge is 2.31. The standard InChI is InChI=1S/C36H30N2P2/c1-7-19-31(20-8-1)39(32-21-9-2-10-22-32,33-23-11-3-12-24-33)37-38-40(34-25-13-4-14-26-34,35-27-15-5-16-28-35)36-29-17-6-18-30-36/h1-30H. The zero-order valence-electron chi connectivity index (χ0n) is 22.1. The Labute approximate surface area is 237 Å². The largest absolute Gasteiger partial charge is 0.159 e. The van der Waals surface area contributed by atoms with E-state index in [1.807, 2.05) is 0 Å². The highest BCUT2D eigenvalue weighted by molar-refractivity contribution is 7.89. The summed E-state index contributed by atoms with van der Waals surface area (Å²) in [6, 6.07) is 64.3. The van der Waals surface area contributed by atoms with Crippen LogP contribution < -0.4 is 31.8 Å². The van der Waals surface area contributed by atoms with Crippen LogP contribution in [0.3, 0.4) is 0 Å². The van der Waals surface area contributed by atoms with Crippen LogP contribution in [0.25, 0.3) is 0 Å². The van der Waals surface area contributed by atoms with Crippen molar-refractivity contribution in [2.75, 3.05) is 0 Å². The molecule has 0 saturated carbocycles. The van der Waals surface area contributed by atoms with E-state index in [2.05, 4.69) is 182 Å². The molecule has 4 heteroatoms. The molecule has 2 nitrogen and oxygen atoms in total. The zero-order valence-corrected chi connectivity index (χ0v) is 23.9. The van der Waals surface area contributed by atoms with Crippen LogP contribution in [0.2, 0.25) is 0 Å². The van der Waals surface area contributed by atoms with Crippen LogP contribution in [-0.2, 0) is 0 Å². The number of rotatable bonds is 7. The molecule has 0 aliphatic heterocycles. The van der Waals surface area contributed by atoms with Gasteiger partial charge < -0.3 is 0 Å². The summed E-state index contributed by atoms with van der Waals surface area (Å²) >= 11 is 0. The smallest absolute Gasteiger partial charge is 0.0836 e. The molecule has 0 radical (unpaired) electrons. The summed E-state index contributed by atoms with van der Waals surface area (Å²) < 4.78 is 0. The summed E-state index contributed by atoms with van der Waals surface area (Å²) in [4.78, 5) is 11.3. The van der Waals surface area contributed by atoms with Gasteiger partial charge in [-0.2, -0.15) is 9.71 Å². The summed E-state index contributed by atoms with van der Waals surface area (Å²) in [6.07, 6.45) is 0. The summed E-state index contributed by atoms with van der Waals surface area (Å²) in [5.74, 6) is 0. The Morgan fingerprint density at radius 2 is 0.375 bits per heavy atom. The molecule has 194 valence electrons. The van der Waals surface area contributed by atoms with Crippen molar-refractivity contribution in [3.8, 4) is 0 Å². The SMILES string of the molecule is c1ccc(P(=NN=P(c2ccccc2)(c2ccccc2)c2ccccc2)(c2ccccc2)c2ccccc2)cc1. The van der Waals surface area contributed by atoms with Gasteiger partial charge >= 0.3 is 0 Å². The monoisotopic (exact) mass is 552 g/mol. The van der Waals surface area contributed by atoms with Crippen LogP contribution in [0.1, 0.15) is 0 Å². The maximum atomic E-state index is 5.65. The molecule has 0 aromatic heterocycles. The fourth-order valence-electron chi connectivity index (χ4n) is 5.19. The summed E-state index contributed by atoms with van der Waals surface area (Å²) in [7, 11) is -5.05. The second-order valence-corrected chi connectivity index (χ2v) is 15.5. The molecule has 0 N–H and O–H groups in total. The van der Waals surface area contributed by atoms with Gasteiger partial charge in [-0.3, -0.25) is 0 Å². The Balaban J connectivity index is 1.83. The van der Waals surface area contributed by atoms with Crippen molar-refractivity contribution in [3.05, 3.63) is 182 Å². The summed E-state index contributed by atoms with van der Waals surface area (Å²) in [5, 5.41) is 7.10. The Morgan fingerprint density at radius 3 is 0.525 bits per heavy atom. The zero-order chi connectivity index (χ0) is 27.1. The highest BCUT2D eigenvalue weighted by atomic mass is 31.2. The maximum Gasteiger partial charge on any atom is 0.0836 e. The Bertz CT molecular complexity index is 1430. The van der Waals surface area contributed by atoms with E-state index < -0.39 is 14.1 Å². The van der Waals surface area contributed by atoms with Crippen molar-refractivity contribution in [2.45, 2.75) is 0 Å². The fourth-order valence-corrected chi connectivity index (χ4v) is 12.2. The molecule has 0 bridgehead atoms. The molecule has 0 amide bonds. The van der Waals surface area contributed by atoms with Crippen molar-refractivity contribution < 1.29 is 0 Å². The van der Waals surface area contributed by atoms with E-state index in [0.717, 1.165) is 0 Å². The third kappa shape index (κ3) is 4.82. The molecule has 6 aromatic carbocycles. The lowest BCUT2D eigenvalue weighted by Crippen LogP contribution is -2.27. The second kappa shape index (κ2) is 11.9. The van der Waals surface area contributed by atoms with Crippen LogP contribution in [0.5, 0.6) is 0 Å². The van der Waals surface area contributed by atoms with Crippen molar-refractivity contribution in [2.24, 2.45) is 9.71 Å². The second-order valence-electron chi connectivity index (χ2n) is 9.46. The van der Waals surface area contributed by atoms with Gasteiger partial charge in [0.1, 0.15) is 0 Å². The van der Waals surface area contributed by atoms with Gasteiger partial charge in [0.25, 0.3) is 0 Å². The van der Waals surface area contributed by atoms with Gasteiger partial charge in [-0.15, -0.1) is 0 Å². The summed E-state index contributed by atoms with van der Waals surface area (Å²) in [5.41, 5.74) is 0. The minimum atomic E-state index is -2.52. The van der Waals surface area contributed by atoms with Gasteiger partial charge in [0, 0.05) is 31.8 Å². The van der Waals surface area contributed by atoms with Gasteiger partial charge in [-0.05, 0) is 0 Å². The minimum Gasteiger partial charge on any atom is -0.159 e. The van der Waals surface area contributed by atoms with Crippen LogP contribution in [-0.4, -0.2) is 0 Å². The maximum absolute atomic E-state index is 5.65. The lowest BCUT2D eigenvalue weighted by Gasteiger charge is -2.28. The number of benzene rings is 6. The van der Waals surface area contributed by atoms with E-state index >= 15 is 0 Å². The molecular formula is C36H30N2P2. The Morgan fingerprint density at radius 1 is 0.225 bits per heavy atom. The third-order valence-electron chi connectivity index (χ3n) is 7.09. The molecule has 0 saturated heterocycles. The fraction of sp³-hybridized carbons (Fsp3) is 0. The molecule has 0 fully saturated rings. The molecular weight excluding hydrogens is 522 g/mol. The Hall–Kier alpha value is -4.22. The van der Waals surface area contributed by atoms with Crippen LogP contribution in [0, 0.1) is 0 Å². The molecule has 0 spiro atoms. The number of hydrogen-bond donors (Lipinski definition) is 0. The first-order chi connectivity index (χ1) is 19.8. The molecule has 6 rings (SSSR count). The molecule has 0 aliphatic carbocycles. The lowest BCUT2D eigenvalue weighted by molar-refractivity contribution is 1.30. The first-order valence-corrected chi connectivity index (χ1v) is 16.9. The number of hydrogen-bond acceptors (Lipinski definition) is 0. The third-order valence-corrected chi connectivity index (χ3v) is 14.2.